The average Bonchev–Trinajstić information content (AvgIpc) is 2.41. The molecule has 0 aliphatic rings. The van der Waals surface area contributed by atoms with E-state index in [9.17, 15) is 0 Å². The van der Waals surface area contributed by atoms with Gasteiger partial charge >= 0.3 is 0 Å². The number of methoxy groups -OCH3 is 2. The molecule has 3 nitrogen and oxygen atoms in total. The maximum Gasteiger partial charge on any atom is 0.142 e. The van der Waals surface area contributed by atoms with Gasteiger partial charge in [0, 0.05) is 11.8 Å². The minimum atomic E-state index is 0.788. The first-order valence-corrected chi connectivity index (χ1v) is 5.78. The van der Waals surface area contributed by atoms with Gasteiger partial charge in [0.1, 0.15) is 11.5 Å². The van der Waals surface area contributed by atoms with Crippen LogP contribution in [0.2, 0.25) is 0 Å². The largest absolute Gasteiger partial charge is 0.497 e. The maximum atomic E-state index is 5.32. The average molecular weight is 243 g/mol. The van der Waals surface area contributed by atoms with E-state index in [1.54, 1.807) is 14.2 Å². The smallest absolute Gasteiger partial charge is 0.142 e. The molecule has 0 amide bonds. The Morgan fingerprint density at radius 1 is 0.889 bits per heavy atom. The molecule has 0 fully saturated rings. The van der Waals surface area contributed by atoms with Crippen LogP contribution in [0.15, 0.2) is 42.5 Å². The Balaban J connectivity index is 2.29. The zero-order chi connectivity index (χ0) is 13.0. The van der Waals surface area contributed by atoms with Crippen molar-refractivity contribution >= 4 is 11.4 Å². The lowest BCUT2D eigenvalue weighted by molar-refractivity contribution is 0.405. The van der Waals surface area contributed by atoms with Crippen LogP contribution in [0.3, 0.4) is 0 Å². The van der Waals surface area contributed by atoms with Crippen molar-refractivity contribution < 1.29 is 9.47 Å². The molecule has 0 aromatic heterocycles. The Hall–Kier alpha value is -2.16. The molecule has 0 atom stereocenters. The molecule has 0 bridgehead atoms. The Labute approximate surface area is 107 Å². The van der Waals surface area contributed by atoms with Gasteiger partial charge in [0.2, 0.25) is 0 Å². The summed E-state index contributed by atoms with van der Waals surface area (Å²) in [6, 6.07) is 13.9. The number of aryl methyl sites for hydroxylation is 1. The van der Waals surface area contributed by atoms with Crippen molar-refractivity contribution in [2.24, 2.45) is 0 Å². The molecule has 0 aliphatic heterocycles. The van der Waals surface area contributed by atoms with Crippen LogP contribution in [-0.4, -0.2) is 14.2 Å². The third kappa shape index (κ3) is 2.74. The molecular weight excluding hydrogens is 226 g/mol. The van der Waals surface area contributed by atoms with E-state index in [2.05, 4.69) is 24.4 Å². The summed E-state index contributed by atoms with van der Waals surface area (Å²) in [6.45, 7) is 2.07. The molecule has 94 valence electrons. The van der Waals surface area contributed by atoms with Crippen molar-refractivity contribution in [2.45, 2.75) is 6.92 Å². The summed E-state index contributed by atoms with van der Waals surface area (Å²) in [7, 11) is 3.31. The Morgan fingerprint density at radius 2 is 1.61 bits per heavy atom. The predicted molar refractivity (Wildman–Crippen MR) is 74.0 cm³/mol. The SMILES string of the molecule is COc1ccc(OC)c(Nc2ccc(C)cc2)c1. The van der Waals surface area contributed by atoms with E-state index in [0.29, 0.717) is 0 Å². The summed E-state index contributed by atoms with van der Waals surface area (Å²) < 4.78 is 10.5. The van der Waals surface area contributed by atoms with E-state index in [0.717, 1.165) is 22.9 Å². The normalized spacial score (nSPS) is 9.94. The van der Waals surface area contributed by atoms with E-state index in [1.807, 2.05) is 30.3 Å². The second kappa shape index (κ2) is 5.45. The van der Waals surface area contributed by atoms with Crippen molar-refractivity contribution in [3.05, 3.63) is 48.0 Å². The third-order valence-corrected chi connectivity index (χ3v) is 2.74. The third-order valence-electron chi connectivity index (χ3n) is 2.74. The topological polar surface area (TPSA) is 30.5 Å². The van der Waals surface area contributed by atoms with Gasteiger partial charge in [-0.25, -0.2) is 0 Å². The molecule has 0 saturated heterocycles. The van der Waals surface area contributed by atoms with Gasteiger partial charge in [-0.2, -0.15) is 0 Å². The highest BCUT2D eigenvalue weighted by atomic mass is 16.5. The van der Waals surface area contributed by atoms with Crippen molar-refractivity contribution in [1.82, 2.24) is 0 Å². The van der Waals surface area contributed by atoms with Crippen molar-refractivity contribution in [3.63, 3.8) is 0 Å². The van der Waals surface area contributed by atoms with E-state index in [1.165, 1.54) is 5.56 Å². The number of rotatable bonds is 4. The van der Waals surface area contributed by atoms with Gasteiger partial charge in [-0.05, 0) is 31.2 Å². The van der Waals surface area contributed by atoms with E-state index >= 15 is 0 Å². The molecule has 0 heterocycles. The molecule has 0 unspecified atom stereocenters. The van der Waals surface area contributed by atoms with Crippen LogP contribution >= 0.6 is 0 Å². The molecule has 1 N–H and O–H groups in total. The zero-order valence-corrected chi connectivity index (χ0v) is 10.9. The van der Waals surface area contributed by atoms with Gasteiger partial charge in [0.15, 0.2) is 0 Å². The van der Waals surface area contributed by atoms with Gasteiger partial charge in [0.25, 0.3) is 0 Å². The van der Waals surface area contributed by atoms with Crippen molar-refractivity contribution in [3.8, 4) is 11.5 Å². The standard InChI is InChI=1S/C15H17NO2/c1-11-4-6-12(7-5-11)16-14-10-13(17-2)8-9-15(14)18-3/h4-10,16H,1-3H3. The van der Waals surface area contributed by atoms with Crippen LogP contribution in [0.1, 0.15) is 5.56 Å². The number of benzene rings is 2. The summed E-state index contributed by atoms with van der Waals surface area (Å²) in [5.41, 5.74) is 3.14. The molecule has 0 spiro atoms. The van der Waals surface area contributed by atoms with Crippen LogP contribution in [-0.2, 0) is 0 Å². The number of hydrogen-bond acceptors (Lipinski definition) is 3. The lowest BCUT2D eigenvalue weighted by Gasteiger charge is -2.12. The lowest BCUT2D eigenvalue weighted by atomic mass is 10.2. The van der Waals surface area contributed by atoms with Crippen molar-refractivity contribution in [1.29, 1.82) is 0 Å². The summed E-state index contributed by atoms with van der Waals surface area (Å²) in [5, 5.41) is 3.32. The number of hydrogen-bond donors (Lipinski definition) is 1. The first-order chi connectivity index (χ1) is 8.72. The Morgan fingerprint density at radius 3 is 2.22 bits per heavy atom. The maximum absolute atomic E-state index is 5.32. The monoisotopic (exact) mass is 243 g/mol. The molecular formula is C15H17NO2. The molecule has 0 radical (unpaired) electrons. The van der Waals surface area contributed by atoms with Gasteiger partial charge in [-0.3, -0.25) is 0 Å². The fourth-order valence-electron chi connectivity index (χ4n) is 1.70. The fraction of sp³-hybridized carbons (Fsp3) is 0.200. The van der Waals surface area contributed by atoms with Crippen LogP contribution in [0.4, 0.5) is 11.4 Å². The molecule has 0 aliphatic carbocycles. The molecule has 2 aromatic carbocycles. The van der Waals surface area contributed by atoms with Crippen molar-refractivity contribution in [2.75, 3.05) is 19.5 Å². The first-order valence-electron chi connectivity index (χ1n) is 5.78. The predicted octanol–water partition coefficient (Wildman–Crippen LogP) is 3.76. The quantitative estimate of drug-likeness (QED) is 0.887. The van der Waals surface area contributed by atoms with Gasteiger partial charge in [-0.15, -0.1) is 0 Å². The fourth-order valence-corrected chi connectivity index (χ4v) is 1.70. The Kier molecular flexibility index (Phi) is 3.72. The van der Waals surface area contributed by atoms with Crippen LogP contribution in [0.25, 0.3) is 0 Å². The van der Waals surface area contributed by atoms with E-state index in [-0.39, 0.29) is 0 Å². The minimum absolute atomic E-state index is 0.788. The first kappa shape index (κ1) is 12.3. The van der Waals surface area contributed by atoms with Crippen LogP contribution < -0.4 is 14.8 Å². The molecule has 2 rings (SSSR count). The van der Waals surface area contributed by atoms with Gasteiger partial charge < -0.3 is 14.8 Å². The molecule has 3 heteroatoms. The van der Waals surface area contributed by atoms with Gasteiger partial charge in [-0.1, -0.05) is 17.7 Å². The van der Waals surface area contributed by atoms with E-state index in [4.69, 9.17) is 9.47 Å². The second-order valence-electron chi connectivity index (χ2n) is 4.06. The zero-order valence-electron chi connectivity index (χ0n) is 10.9. The summed E-state index contributed by atoms with van der Waals surface area (Å²) in [6.07, 6.45) is 0. The molecule has 0 saturated carbocycles. The number of ether oxygens (including phenoxy) is 2. The van der Waals surface area contributed by atoms with E-state index < -0.39 is 0 Å². The summed E-state index contributed by atoms with van der Waals surface area (Å²) in [5.74, 6) is 1.58. The van der Waals surface area contributed by atoms with Gasteiger partial charge in [0.05, 0.1) is 19.9 Å². The van der Waals surface area contributed by atoms with Crippen LogP contribution in [0, 0.1) is 6.92 Å². The lowest BCUT2D eigenvalue weighted by Crippen LogP contribution is -1.95. The minimum Gasteiger partial charge on any atom is -0.497 e. The summed E-state index contributed by atoms with van der Waals surface area (Å²) >= 11 is 0. The highest BCUT2D eigenvalue weighted by Gasteiger charge is 2.05. The Bertz CT molecular complexity index is 521. The number of nitrogens with one attached hydrogen (secondary N) is 1. The summed E-state index contributed by atoms with van der Waals surface area (Å²) in [4.78, 5) is 0. The van der Waals surface area contributed by atoms with Crippen LogP contribution in [0.5, 0.6) is 11.5 Å². The highest BCUT2D eigenvalue weighted by Crippen LogP contribution is 2.31. The second-order valence-corrected chi connectivity index (χ2v) is 4.06. The highest BCUT2D eigenvalue weighted by molar-refractivity contribution is 5.68. The molecule has 2 aromatic rings. The number of anilines is 2. The molecule has 18 heavy (non-hydrogen) atoms.